The van der Waals surface area contributed by atoms with Crippen molar-refractivity contribution in [1.82, 2.24) is 5.32 Å². The maximum absolute atomic E-state index is 11.3. The number of carbonyl (C=O) groups excluding carboxylic acids is 1. The smallest absolute Gasteiger partial charge is 0.251 e. The molecule has 0 aliphatic heterocycles. The summed E-state index contributed by atoms with van der Waals surface area (Å²) in [4.78, 5) is 12.4. The molecule has 1 aromatic heterocycles. The highest BCUT2D eigenvalue weighted by molar-refractivity contribution is 7.10. The minimum atomic E-state index is -0.0808. The minimum absolute atomic E-state index is 0.0808. The lowest BCUT2D eigenvalue weighted by atomic mass is 10.1. The molecule has 0 unspecified atom stereocenters. The molecular weight excluding hydrogens is 230 g/mol. The Balaban J connectivity index is 2.16. The van der Waals surface area contributed by atoms with Crippen LogP contribution in [0.4, 0.5) is 0 Å². The van der Waals surface area contributed by atoms with Crippen LogP contribution < -0.4 is 5.32 Å². The fourth-order valence-corrected chi connectivity index (χ4v) is 1.90. The van der Waals surface area contributed by atoms with E-state index in [1.807, 2.05) is 29.6 Å². The number of nitrogens with one attached hydrogen (secondary N) is 1. The molecule has 84 valence electrons. The summed E-state index contributed by atoms with van der Waals surface area (Å²) in [5.41, 5.74) is 1.56. The van der Waals surface area contributed by atoms with Crippen LogP contribution in [0.15, 0.2) is 41.8 Å². The van der Waals surface area contributed by atoms with E-state index in [2.05, 4.69) is 17.2 Å². The molecular formula is C14H11NOS. The topological polar surface area (TPSA) is 29.1 Å². The summed E-state index contributed by atoms with van der Waals surface area (Å²) in [7, 11) is 1.62. The normalized spacial score (nSPS) is 9.24. The average Bonchev–Trinajstić information content (AvgIpc) is 2.89. The molecule has 0 atom stereocenters. The summed E-state index contributed by atoms with van der Waals surface area (Å²) in [6.07, 6.45) is 0. The molecule has 1 N–H and O–H groups in total. The molecule has 0 saturated heterocycles. The number of thiophene rings is 1. The SMILES string of the molecule is CNC(=O)c1ccc(C#Cc2cccs2)cc1. The van der Waals surface area contributed by atoms with Gasteiger partial charge in [0.1, 0.15) is 0 Å². The van der Waals surface area contributed by atoms with E-state index < -0.39 is 0 Å². The number of carbonyl (C=O) groups is 1. The Kier molecular flexibility index (Phi) is 3.59. The van der Waals surface area contributed by atoms with Crippen LogP contribution in [0.2, 0.25) is 0 Å². The summed E-state index contributed by atoms with van der Waals surface area (Å²) in [5, 5.41) is 4.58. The molecule has 0 fully saturated rings. The maximum Gasteiger partial charge on any atom is 0.251 e. The molecule has 0 spiro atoms. The van der Waals surface area contributed by atoms with Crippen molar-refractivity contribution in [3.8, 4) is 11.8 Å². The number of amides is 1. The van der Waals surface area contributed by atoms with Gasteiger partial charge in [-0.15, -0.1) is 11.3 Å². The molecule has 1 heterocycles. The zero-order valence-electron chi connectivity index (χ0n) is 9.36. The van der Waals surface area contributed by atoms with E-state index in [1.165, 1.54) is 0 Å². The summed E-state index contributed by atoms with van der Waals surface area (Å²) in [6.45, 7) is 0. The summed E-state index contributed by atoms with van der Waals surface area (Å²) in [6, 6.07) is 11.2. The van der Waals surface area contributed by atoms with Crippen LogP contribution >= 0.6 is 11.3 Å². The average molecular weight is 241 g/mol. The van der Waals surface area contributed by atoms with E-state index in [-0.39, 0.29) is 5.91 Å². The second-order valence-corrected chi connectivity index (χ2v) is 4.33. The highest BCUT2D eigenvalue weighted by Gasteiger charge is 2.00. The molecule has 2 aromatic rings. The van der Waals surface area contributed by atoms with Crippen molar-refractivity contribution in [2.75, 3.05) is 7.05 Å². The Morgan fingerprint density at radius 1 is 1.18 bits per heavy atom. The largest absolute Gasteiger partial charge is 0.355 e. The highest BCUT2D eigenvalue weighted by atomic mass is 32.1. The number of hydrogen-bond acceptors (Lipinski definition) is 2. The van der Waals surface area contributed by atoms with Crippen molar-refractivity contribution in [2.24, 2.45) is 0 Å². The van der Waals surface area contributed by atoms with Gasteiger partial charge in [0.25, 0.3) is 5.91 Å². The summed E-state index contributed by atoms with van der Waals surface area (Å²) >= 11 is 1.62. The molecule has 0 radical (unpaired) electrons. The van der Waals surface area contributed by atoms with Crippen LogP contribution in [-0.4, -0.2) is 13.0 Å². The molecule has 0 saturated carbocycles. The Morgan fingerprint density at radius 2 is 1.94 bits per heavy atom. The number of rotatable bonds is 1. The van der Waals surface area contributed by atoms with Gasteiger partial charge in [-0.2, -0.15) is 0 Å². The molecule has 0 bridgehead atoms. The monoisotopic (exact) mass is 241 g/mol. The van der Waals surface area contributed by atoms with Crippen LogP contribution in [0.5, 0.6) is 0 Å². The molecule has 17 heavy (non-hydrogen) atoms. The molecule has 1 amide bonds. The van der Waals surface area contributed by atoms with Crippen molar-refractivity contribution < 1.29 is 4.79 Å². The van der Waals surface area contributed by atoms with Gasteiger partial charge in [0.15, 0.2) is 0 Å². The van der Waals surface area contributed by atoms with Gasteiger partial charge in [-0.3, -0.25) is 4.79 Å². The zero-order valence-corrected chi connectivity index (χ0v) is 10.2. The molecule has 0 aliphatic carbocycles. The van der Waals surface area contributed by atoms with E-state index in [0.29, 0.717) is 5.56 Å². The lowest BCUT2D eigenvalue weighted by Gasteiger charge is -1.98. The van der Waals surface area contributed by atoms with Crippen molar-refractivity contribution in [1.29, 1.82) is 0 Å². The van der Waals surface area contributed by atoms with Crippen LogP contribution in [0.25, 0.3) is 0 Å². The summed E-state index contributed by atoms with van der Waals surface area (Å²) in [5.74, 6) is 6.05. The van der Waals surface area contributed by atoms with Crippen LogP contribution in [0, 0.1) is 11.8 Å². The van der Waals surface area contributed by atoms with E-state index in [4.69, 9.17) is 0 Å². The first-order valence-electron chi connectivity index (χ1n) is 5.17. The van der Waals surface area contributed by atoms with Gasteiger partial charge >= 0.3 is 0 Å². The van der Waals surface area contributed by atoms with Crippen LogP contribution in [-0.2, 0) is 0 Å². The third kappa shape index (κ3) is 2.96. The number of hydrogen-bond donors (Lipinski definition) is 1. The first kappa shape index (κ1) is 11.4. The van der Waals surface area contributed by atoms with Gasteiger partial charge < -0.3 is 5.32 Å². The lowest BCUT2D eigenvalue weighted by Crippen LogP contribution is -2.17. The van der Waals surface area contributed by atoms with Gasteiger partial charge in [-0.25, -0.2) is 0 Å². The number of benzene rings is 1. The lowest BCUT2D eigenvalue weighted by molar-refractivity contribution is 0.0963. The first-order chi connectivity index (χ1) is 8.29. The quantitative estimate of drug-likeness (QED) is 0.764. The Hall–Kier alpha value is -2.05. The molecule has 0 aliphatic rings. The van der Waals surface area contributed by atoms with E-state index >= 15 is 0 Å². The van der Waals surface area contributed by atoms with Gasteiger partial charge in [-0.05, 0) is 35.7 Å². The van der Waals surface area contributed by atoms with Crippen LogP contribution in [0.3, 0.4) is 0 Å². The highest BCUT2D eigenvalue weighted by Crippen LogP contribution is 2.07. The Labute approximate surface area is 104 Å². The third-order valence-corrected chi connectivity index (χ3v) is 3.01. The molecule has 2 nitrogen and oxygen atoms in total. The first-order valence-corrected chi connectivity index (χ1v) is 6.05. The van der Waals surface area contributed by atoms with E-state index in [9.17, 15) is 4.79 Å². The van der Waals surface area contributed by atoms with Gasteiger partial charge in [0, 0.05) is 18.2 Å². The predicted octanol–water partition coefficient (Wildman–Crippen LogP) is 2.51. The second kappa shape index (κ2) is 5.33. The summed E-state index contributed by atoms with van der Waals surface area (Å²) < 4.78 is 0. The van der Waals surface area contributed by atoms with E-state index in [0.717, 1.165) is 10.4 Å². The minimum Gasteiger partial charge on any atom is -0.355 e. The van der Waals surface area contributed by atoms with Crippen LogP contribution in [0.1, 0.15) is 20.8 Å². The van der Waals surface area contributed by atoms with Crippen molar-refractivity contribution in [3.63, 3.8) is 0 Å². The maximum atomic E-state index is 11.3. The molecule has 3 heteroatoms. The van der Waals surface area contributed by atoms with Crippen molar-refractivity contribution in [2.45, 2.75) is 0 Å². The molecule has 2 rings (SSSR count). The predicted molar refractivity (Wildman–Crippen MR) is 70.1 cm³/mol. The zero-order chi connectivity index (χ0) is 12.1. The Bertz CT molecular complexity index is 559. The van der Waals surface area contributed by atoms with Gasteiger partial charge in [-0.1, -0.05) is 17.9 Å². The van der Waals surface area contributed by atoms with E-state index in [1.54, 1.807) is 30.5 Å². The molecule has 1 aromatic carbocycles. The Morgan fingerprint density at radius 3 is 2.53 bits per heavy atom. The van der Waals surface area contributed by atoms with Crippen molar-refractivity contribution >= 4 is 17.2 Å². The standard InChI is InChI=1S/C14H11NOS/c1-15-14(16)12-7-4-11(5-8-12)6-9-13-3-2-10-17-13/h2-5,7-8,10H,1H3,(H,15,16). The second-order valence-electron chi connectivity index (χ2n) is 3.38. The fraction of sp³-hybridized carbons (Fsp3) is 0.0714. The third-order valence-electron chi connectivity index (χ3n) is 2.23. The fourth-order valence-electron chi connectivity index (χ4n) is 1.33. The van der Waals surface area contributed by atoms with Gasteiger partial charge in [0.2, 0.25) is 0 Å². The van der Waals surface area contributed by atoms with Gasteiger partial charge in [0.05, 0.1) is 4.88 Å². The van der Waals surface area contributed by atoms with Crippen molar-refractivity contribution in [3.05, 3.63) is 57.8 Å².